The third-order valence-corrected chi connectivity index (χ3v) is 6.74. The average molecular weight is 498 g/mol. The molecule has 0 aliphatic carbocycles. The minimum absolute atomic E-state index is 0.394. The van der Waals surface area contributed by atoms with Crippen molar-refractivity contribution in [3.05, 3.63) is 107 Å². The smallest absolute Gasteiger partial charge is 0.349 e. The zero-order valence-corrected chi connectivity index (χ0v) is 20.5. The van der Waals surface area contributed by atoms with Crippen LogP contribution in [0.5, 0.6) is 5.75 Å². The Labute approximate surface area is 211 Å². The molecule has 5 aromatic rings. The van der Waals surface area contributed by atoms with Crippen LogP contribution < -0.4 is 10.1 Å². The van der Waals surface area contributed by atoms with Crippen molar-refractivity contribution in [1.82, 2.24) is 9.78 Å². The number of esters is 1. The molecule has 1 atom stereocenters. The van der Waals surface area contributed by atoms with Gasteiger partial charge in [0, 0.05) is 22.7 Å². The zero-order valence-electron chi connectivity index (χ0n) is 19.7. The molecule has 0 saturated carbocycles. The van der Waals surface area contributed by atoms with E-state index in [2.05, 4.69) is 10.4 Å². The molecule has 7 nitrogen and oxygen atoms in total. The fraction of sp³-hybridized carbons (Fsp3) is 0.107. The van der Waals surface area contributed by atoms with Crippen LogP contribution in [0.3, 0.4) is 0 Å². The first-order chi connectivity index (χ1) is 17.5. The van der Waals surface area contributed by atoms with Crippen LogP contribution in [0.25, 0.3) is 15.9 Å². The summed E-state index contributed by atoms with van der Waals surface area (Å²) in [7, 11) is 1.55. The van der Waals surface area contributed by atoms with Crippen molar-refractivity contribution < 1.29 is 19.1 Å². The maximum Gasteiger partial charge on any atom is 0.349 e. The van der Waals surface area contributed by atoms with Gasteiger partial charge in [0.1, 0.15) is 15.5 Å². The van der Waals surface area contributed by atoms with Gasteiger partial charge >= 0.3 is 5.97 Å². The molecule has 0 radical (unpaired) electrons. The third-order valence-electron chi connectivity index (χ3n) is 5.65. The van der Waals surface area contributed by atoms with E-state index in [0.717, 1.165) is 21.6 Å². The van der Waals surface area contributed by atoms with Crippen LogP contribution in [0.2, 0.25) is 0 Å². The number of hydrogen-bond acceptors (Lipinski definition) is 6. The second-order valence-corrected chi connectivity index (χ2v) is 9.11. The van der Waals surface area contributed by atoms with Crippen molar-refractivity contribution >= 4 is 39.1 Å². The highest BCUT2D eigenvalue weighted by atomic mass is 32.1. The molecule has 0 unspecified atom stereocenters. The number of benzene rings is 3. The number of ether oxygens (including phenoxy) is 2. The normalized spacial score (nSPS) is 11.7. The third kappa shape index (κ3) is 4.71. The molecule has 0 spiro atoms. The number of methoxy groups -OCH3 is 1. The number of carbonyl (C=O) groups excluding carboxylic acids is 2. The van der Waals surface area contributed by atoms with Gasteiger partial charge in [-0.2, -0.15) is 5.10 Å². The highest BCUT2D eigenvalue weighted by Gasteiger charge is 2.27. The Morgan fingerprint density at radius 2 is 1.67 bits per heavy atom. The lowest BCUT2D eigenvalue weighted by atomic mass is 10.1. The first-order valence-electron chi connectivity index (χ1n) is 11.3. The first kappa shape index (κ1) is 23.3. The molecule has 0 fully saturated rings. The van der Waals surface area contributed by atoms with Gasteiger partial charge in [-0.1, -0.05) is 54.6 Å². The number of aromatic nitrogens is 2. The number of nitrogens with zero attached hydrogens (tertiary/aromatic N) is 2. The Bertz CT molecular complexity index is 1530. The second kappa shape index (κ2) is 10.1. The van der Waals surface area contributed by atoms with Gasteiger partial charge in [-0.3, -0.25) is 4.79 Å². The van der Waals surface area contributed by atoms with E-state index in [-0.39, 0.29) is 0 Å². The molecule has 0 saturated heterocycles. The average Bonchev–Trinajstić information content (AvgIpc) is 3.49. The maximum absolute atomic E-state index is 13.3. The van der Waals surface area contributed by atoms with Gasteiger partial charge in [0.15, 0.2) is 0 Å². The lowest BCUT2D eigenvalue weighted by Gasteiger charge is -2.18. The number of anilines is 1. The van der Waals surface area contributed by atoms with Gasteiger partial charge in [-0.05, 0) is 37.3 Å². The van der Waals surface area contributed by atoms with Crippen LogP contribution in [-0.2, 0) is 9.53 Å². The van der Waals surface area contributed by atoms with Gasteiger partial charge in [-0.15, -0.1) is 11.3 Å². The number of para-hydroxylation sites is 1. The van der Waals surface area contributed by atoms with Crippen LogP contribution in [0, 0.1) is 6.92 Å². The molecule has 2 aromatic heterocycles. The maximum atomic E-state index is 13.3. The van der Waals surface area contributed by atoms with E-state index in [0.29, 0.717) is 21.9 Å². The van der Waals surface area contributed by atoms with E-state index in [4.69, 9.17) is 9.47 Å². The fourth-order valence-corrected chi connectivity index (χ4v) is 4.93. The van der Waals surface area contributed by atoms with Gasteiger partial charge in [0.25, 0.3) is 5.91 Å². The number of thiophene rings is 1. The minimum atomic E-state index is -1.14. The number of carbonyl (C=O) groups is 2. The van der Waals surface area contributed by atoms with Crippen molar-refractivity contribution in [2.45, 2.75) is 13.0 Å². The summed E-state index contributed by atoms with van der Waals surface area (Å²) >= 11 is 1.28. The molecule has 3 aromatic carbocycles. The molecular weight excluding hydrogens is 474 g/mol. The molecule has 0 aliphatic heterocycles. The molecule has 1 N–H and O–H groups in total. The Morgan fingerprint density at radius 3 is 2.39 bits per heavy atom. The molecule has 8 heteroatoms. The zero-order chi connectivity index (χ0) is 25.1. The Hall–Kier alpha value is -4.43. The van der Waals surface area contributed by atoms with E-state index in [1.165, 1.54) is 11.3 Å². The Balaban J connectivity index is 1.44. The lowest BCUT2D eigenvalue weighted by Crippen LogP contribution is -2.25. The van der Waals surface area contributed by atoms with E-state index >= 15 is 0 Å². The summed E-state index contributed by atoms with van der Waals surface area (Å²) in [6.07, 6.45) is -1.14. The summed E-state index contributed by atoms with van der Waals surface area (Å²) in [5, 5.41) is 8.31. The van der Waals surface area contributed by atoms with Crippen LogP contribution >= 0.6 is 11.3 Å². The van der Waals surface area contributed by atoms with Crippen LogP contribution in [0.1, 0.15) is 27.0 Å². The van der Waals surface area contributed by atoms with E-state index < -0.39 is 18.0 Å². The van der Waals surface area contributed by atoms with Crippen LogP contribution in [-0.4, -0.2) is 28.8 Å². The van der Waals surface area contributed by atoms with Crippen molar-refractivity contribution in [3.63, 3.8) is 0 Å². The summed E-state index contributed by atoms with van der Waals surface area (Å²) in [6, 6.07) is 27.4. The van der Waals surface area contributed by atoms with Crippen molar-refractivity contribution in [2.24, 2.45) is 0 Å². The SMILES string of the molecule is COc1cccc(NC(=O)[C@H](OC(=O)c2cc3c(C)nn(-c4ccccc4)c3s2)c2ccccc2)c1. The largest absolute Gasteiger partial charge is 0.497 e. The fourth-order valence-electron chi connectivity index (χ4n) is 3.87. The monoisotopic (exact) mass is 497 g/mol. The molecule has 0 aliphatic rings. The molecule has 1 amide bonds. The molecule has 36 heavy (non-hydrogen) atoms. The van der Waals surface area contributed by atoms with Crippen molar-refractivity contribution in [2.75, 3.05) is 12.4 Å². The topological polar surface area (TPSA) is 82.4 Å². The summed E-state index contributed by atoms with van der Waals surface area (Å²) in [6.45, 7) is 1.90. The van der Waals surface area contributed by atoms with Crippen LogP contribution in [0.15, 0.2) is 91.0 Å². The van der Waals surface area contributed by atoms with E-state index in [9.17, 15) is 9.59 Å². The molecule has 2 heterocycles. The summed E-state index contributed by atoms with van der Waals surface area (Å²) < 4.78 is 12.8. The predicted octanol–water partition coefficient (Wildman–Crippen LogP) is 5.94. The molecule has 180 valence electrons. The highest BCUT2D eigenvalue weighted by molar-refractivity contribution is 7.20. The van der Waals surface area contributed by atoms with Crippen molar-refractivity contribution in [1.29, 1.82) is 0 Å². The summed E-state index contributed by atoms with van der Waals surface area (Å²) in [5.74, 6) is -0.436. The quantitative estimate of drug-likeness (QED) is 0.281. The molecule has 5 rings (SSSR count). The van der Waals surface area contributed by atoms with E-state index in [1.807, 2.05) is 48.0 Å². The van der Waals surface area contributed by atoms with Crippen molar-refractivity contribution in [3.8, 4) is 11.4 Å². The van der Waals surface area contributed by atoms with Gasteiger partial charge in [0.05, 0.1) is 18.5 Å². The number of fused-ring (bicyclic) bond motifs is 1. The summed E-state index contributed by atoms with van der Waals surface area (Å²) in [5.41, 5.74) is 2.81. The first-order valence-corrected chi connectivity index (χ1v) is 12.1. The van der Waals surface area contributed by atoms with Crippen LogP contribution in [0.4, 0.5) is 5.69 Å². The van der Waals surface area contributed by atoms with Gasteiger partial charge < -0.3 is 14.8 Å². The molecule has 0 bridgehead atoms. The number of hydrogen-bond donors (Lipinski definition) is 1. The van der Waals surface area contributed by atoms with Gasteiger partial charge in [0.2, 0.25) is 6.10 Å². The second-order valence-electron chi connectivity index (χ2n) is 8.08. The highest BCUT2D eigenvalue weighted by Crippen LogP contribution is 2.32. The van der Waals surface area contributed by atoms with E-state index in [1.54, 1.807) is 61.7 Å². The molecular formula is C28H23N3O4S. The number of amides is 1. The summed E-state index contributed by atoms with van der Waals surface area (Å²) in [4.78, 5) is 27.8. The standard InChI is InChI=1S/C28H23N3O4S/c1-18-23-17-24(36-27(23)31(30-18)21-13-7-4-8-14-21)28(33)35-25(19-10-5-3-6-11-19)26(32)29-20-12-9-15-22(16-20)34-2/h3-17,25H,1-2H3,(H,29,32)/t25-/m1/s1. The predicted molar refractivity (Wildman–Crippen MR) is 140 cm³/mol. The lowest BCUT2D eigenvalue weighted by molar-refractivity contribution is -0.125. The number of nitrogens with one attached hydrogen (secondary N) is 1. The number of aryl methyl sites for hydroxylation is 1. The Morgan fingerprint density at radius 1 is 0.944 bits per heavy atom. The minimum Gasteiger partial charge on any atom is -0.497 e. The van der Waals surface area contributed by atoms with Gasteiger partial charge in [-0.25, -0.2) is 9.48 Å². The number of rotatable bonds is 7. The Kier molecular flexibility index (Phi) is 6.51.